The molecule has 1 atom stereocenters. The number of H-pyrrole nitrogens is 1. The quantitative estimate of drug-likeness (QED) is 0.829. The Bertz CT molecular complexity index is 690. The van der Waals surface area contributed by atoms with Gasteiger partial charge in [0.05, 0.1) is 18.0 Å². The third kappa shape index (κ3) is 4.16. The zero-order chi connectivity index (χ0) is 17.8. The minimum Gasteiger partial charge on any atom is -0.381 e. The van der Waals surface area contributed by atoms with Crippen LogP contribution in [0.3, 0.4) is 0 Å². The van der Waals surface area contributed by atoms with Gasteiger partial charge in [-0.3, -0.25) is 5.10 Å². The molecule has 0 unspecified atom stereocenters. The lowest BCUT2D eigenvalue weighted by Crippen LogP contribution is -2.23. The largest absolute Gasteiger partial charge is 0.381 e. The van der Waals surface area contributed by atoms with Crippen LogP contribution in [-0.4, -0.2) is 54.1 Å². The van der Waals surface area contributed by atoms with Crippen molar-refractivity contribution in [2.24, 2.45) is 0 Å². The first-order valence-electron chi connectivity index (χ1n) is 8.74. The summed E-state index contributed by atoms with van der Waals surface area (Å²) in [7, 11) is 3.74. The molecule has 1 saturated heterocycles. The maximum absolute atomic E-state index is 5.52. The zero-order valence-electron chi connectivity index (χ0n) is 15.5. The van der Waals surface area contributed by atoms with E-state index < -0.39 is 0 Å². The second-order valence-electron chi connectivity index (χ2n) is 6.64. The van der Waals surface area contributed by atoms with Gasteiger partial charge in [-0.15, -0.1) is 0 Å². The zero-order valence-corrected chi connectivity index (χ0v) is 15.5. The molecular weight excluding hydrogens is 318 g/mol. The molecule has 0 amide bonds. The van der Waals surface area contributed by atoms with Gasteiger partial charge in [-0.1, -0.05) is 0 Å². The van der Waals surface area contributed by atoms with E-state index in [4.69, 9.17) is 9.47 Å². The highest BCUT2D eigenvalue weighted by Crippen LogP contribution is 2.26. The lowest BCUT2D eigenvalue weighted by Gasteiger charge is -2.20. The monoisotopic (exact) mass is 345 g/mol. The van der Waals surface area contributed by atoms with Gasteiger partial charge in [0.25, 0.3) is 0 Å². The van der Waals surface area contributed by atoms with Crippen LogP contribution in [0.25, 0.3) is 0 Å². The summed E-state index contributed by atoms with van der Waals surface area (Å²) in [5.41, 5.74) is 4.54. The Balaban J connectivity index is 1.77. The molecule has 0 bridgehead atoms. The molecule has 7 heteroatoms. The van der Waals surface area contributed by atoms with Gasteiger partial charge in [0, 0.05) is 45.0 Å². The Morgan fingerprint density at radius 3 is 2.84 bits per heavy atom. The number of aryl methyl sites for hydroxylation is 2. The Morgan fingerprint density at radius 1 is 1.36 bits per heavy atom. The fourth-order valence-electron chi connectivity index (χ4n) is 3.21. The molecule has 1 aliphatic rings. The van der Waals surface area contributed by atoms with Gasteiger partial charge in [0.1, 0.15) is 12.4 Å². The van der Waals surface area contributed by atoms with Crippen molar-refractivity contribution in [3.8, 4) is 0 Å². The molecule has 3 rings (SSSR count). The van der Waals surface area contributed by atoms with E-state index >= 15 is 0 Å². The van der Waals surface area contributed by atoms with Crippen LogP contribution in [0.5, 0.6) is 0 Å². The molecule has 2 aromatic rings. The molecule has 1 N–H and O–H groups in total. The first kappa shape index (κ1) is 17.8. The molecule has 3 heterocycles. The van der Waals surface area contributed by atoms with Crippen molar-refractivity contribution in [1.82, 2.24) is 20.2 Å². The van der Waals surface area contributed by atoms with Crippen LogP contribution >= 0.6 is 0 Å². The highest BCUT2D eigenvalue weighted by molar-refractivity contribution is 5.40. The summed E-state index contributed by atoms with van der Waals surface area (Å²) in [6.45, 7) is 6.93. The number of ether oxygens (including phenoxy) is 2. The summed E-state index contributed by atoms with van der Waals surface area (Å²) >= 11 is 0. The van der Waals surface area contributed by atoms with Crippen LogP contribution in [0.1, 0.15) is 40.8 Å². The molecule has 0 aliphatic carbocycles. The number of likely N-dealkylation sites (N-methyl/N-ethyl adjacent to an activating group) is 1. The first-order valence-corrected chi connectivity index (χ1v) is 8.74. The van der Waals surface area contributed by atoms with Crippen molar-refractivity contribution >= 4 is 5.82 Å². The van der Waals surface area contributed by atoms with Crippen molar-refractivity contribution in [2.45, 2.75) is 39.2 Å². The van der Waals surface area contributed by atoms with Gasteiger partial charge < -0.3 is 14.4 Å². The average molecular weight is 345 g/mol. The predicted molar refractivity (Wildman–Crippen MR) is 96.0 cm³/mol. The van der Waals surface area contributed by atoms with Gasteiger partial charge in [-0.05, 0) is 32.3 Å². The van der Waals surface area contributed by atoms with Crippen molar-refractivity contribution < 1.29 is 9.47 Å². The maximum atomic E-state index is 5.52. The van der Waals surface area contributed by atoms with E-state index in [-0.39, 0.29) is 0 Å². The number of nitrogens with one attached hydrogen (secondary N) is 1. The van der Waals surface area contributed by atoms with Crippen LogP contribution in [0.4, 0.5) is 5.82 Å². The number of rotatable bonds is 7. The maximum Gasteiger partial charge on any atom is 0.156 e. The van der Waals surface area contributed by atoms with Gasteiger partial charge in [0.15, 0.2) is 5.82 Å². The lowest BCUT2D eigenvalue weighted by molar-refractivity contribution is 0.177. The van der Waals surface area contributed by atoms with E-state index in [1.807, 2.05) is 6.92 Å². The molecule has 2 aromatic heterocycles. The summed E-state index contributed by atoms with van der Waals surface area (Å²) in [6, 6.07) is 2.09. The molecule has 25 heavy (non-hydrogen) atoms. The number of anilines is 1. The molecule has 7 nitrogen and oxygen atoms in total. The lowest BCUT2D eigenvalue weighted by atomic mass is 10.0. The summed E-state index contributed by atoms with van der Waals surface area (Å²) in [5, 5.41) is 7.32. The van der Waals surface area contributed by atoms with Crippen molar-refractivity contribution in [3.63, 3.8) is 0 Å². The number of hydrogen-bond donors (Lipinski definition) is 1. The summed E-state index contributed by atoms with van der Waals surface area (Å²) in [6.07, 6.45) is 1.94. The Morgan fingerprint density at radius 2 is 2.20 bits per heavy atom. The molecule has 0 spiro atoms. The molecule has 0 saturated carbocycles. The Hall–Kier alpha value is -1.99. The van der Waals surface area contributed by atoms with E-state index in [1.54, 1.807) is 7.11 Å². The second-order valence-corrected chi connectivity index (χ2v) is 6.64. The van der Waals surface area contributed by atoms with E-state index in [0.717, 1.165) is 61.3 Å². The Labute approximate surface area is 148 Å². The third-order valence-corrected chi connectivity index (χ3v) is 4.77. The normalized spacial score (nSPS) is 17.2. The first-order chi connectivity index (χ1) is 12.1. The smallest absolute Gasteiger partial charge is 0.156 e. The molecule has 0 aromatic carbocycles. The fraction of sp³-hybridized carbons (Fsp3) is 0.611. The summed E-state index contributed by atoms with van der Waals surface area (Å²) in [4.78, 5) is 11.5. The summed E-state index contributed by atoms with van der Waals surface area (Å²) < 4.78 is 10.8. The average Bonchev–Trinajstić information content (AvgIpc) is 3.24. The van der Waals surface area contributed by atoms with Crippen molar-refractivity contribution in [2.75, 3.05) is 38.8 Å². The van der Waals surface area contributed by atoms with Gasteiger partial charge >= 0.3 is 0 Å². The number of aromatic nitrogens is 4. The minimum absolute atomic E-state index is 0.351. The second kappa shape index (κ2) is 7.93. The summed E-state index contributed by atoms with van der Waals surface area (Å²) in [5.74, 6) is 2.01. The number of aromatic amines is 1. The van der Waals surface area contributed by atoms with Crippen LogP contribution in [0, 0.1) is 13.8 Å². The molecule has 1 aliphatic heterocycles. The standard InChI is InChI=1S/C18H27N5O2/c1-12-15(13(2)22-21-12)5-7-23(3)18-9-16(14-6-8-25-10-14)19-17(20-18)11-24-4/h9,14H,5-8,10-11H2,1-4H3,(H,21,22)/t14-/m1/s1. The molecule has 0 radical (unpaired) electrons. The number of methoxy groups -OCH3 is 1. The SMILES string of the molecule is COCc1nc([C@@H]2CCOC2)cc(N(C)CCc2c(C)n[nH]c2C)n1. The highest BCUT2D eigenvalue weighted by atomic mass is 16.5. The minimum atomic E-state index is 0.351. The van der Waals surface area contributed by atoms with Crippen LogP contribution < -0.4 is 4.90 Å². The van der Waals surface area contributed by atoms with Gasteiger partial charge in [0.2, 0.25) is 0 Å². The Kier molecular flexibility index (Phi) is 5.65. The fourth-order valence-corrected chi connectivity index (χ4v) is 3.21. The van der Waals surface area contributed by atoms with Gasteiger partial charge in [-0.25, -0.2) is 9.97 Å². The van der Waals surface area contributed by atoms with Gasteiger partial charge in [-0.2, -0.15) is 5.10 Å². The molecular formula is C18H27N5O2. The van der Waals surface area contributed by atoms with Crippen LogP contribution in [-0.2, 0) is 22.5 Å². The number of nitrogens with zero attached hydrogens (tertiary/aromatic N) is 4. The van der Waals surface area contributed by atoms with Crippen molar-refractivity contribution in [1.29, 1.82) is 0 Å². The van der Waals surface area contributed by atoms with E-state index in [1.165, 1.54) is 5.56 Å². The van der Waals surface area contributed by atoms with E-state index in [0.29, 0.717) is 12.5 Å². The van der Waals surface area contributed by atoms with Crippen molar-refractivity contribution in [3.05, 3.63) is 34.5 Å². The van der Waals surface area contributed by atoms with E-state index in [9.17, 15) is 0 Å². The topological polar surface area (TPSA) is 76.2 Å². The highest BCUT2D eigenvalue weighted by Gasteiger charge is 2.21. The predicted octanol–water partition coefficient (Wildman–Crippen LogP) is 2.15. The molecule has 1 fully saturated rings. The third-order valence-electron chi connectivity index (χ3n) is 4.77. The van der Waals surface area contributed by atoms with Crippen LogP contribution in [0.2, 0.25) is 0 Å². The van der Waals surface area contributed by atoms with Crippen LogP contribution in [0.15, 0.2) is 6.07 Å². The molecule has 136 valence electrons. The number of hydrogen-bond acceptors (Lipinski definition) is 6. The van der Waals surface area contributed by atoms with E-state index in [2.05, 4.69) is 45.1 Å².